The Morgan fingerprint density at radius 3 is 2.36 bits per heavy atom. The molecule has 0 fully saturated rings. The third-order valence-corrected chi connectivity index (χ3v) is 3.55. The summed E-state index contributed by atoms with van der Waals surface area (Å²) >= 11 is 5.61. The van der Waals surface area contributed by atoms with Crippen LogP contribution >= 0.6 is 11.6 Å². The van der Waals surface area contributed by atoms with Gasteiger partial charge in [-0.3, -0.25) is 9.59 Å². The Balaban J connectivity index is 2.20. The summed E-state index contributed by atoms with van der Waals surface area (Å²) in [4.78, 5) is 23.2. The molecule has 0 radical (unpaired) electrons. The zero-order valence-electron chi connectivity index (χ0n) is 13.8. The van der Waals surface area contributed by atoms with Gasteiger partial charge in [0.15, 0.2) is 0 Å². The Morgan fingerprint density at radius 1 is 1.07 bits per heavy atom. The first-order valence-corrected chi connectivity index (χ1v) is 7.84. The van der Waals surface area contributed by atoms with Crippen LogP contribution in [0.4, 0.5) is 28.9 Å². The van der Waals surface area contributed by atoms with Gasteiger partial charge in [-0.2, -0.15) is 18.4 Å². The van der Waals surface area contributed by atoms with E-state index in [1.807, 2.05) is 0 Å². The van der Waals surface area contributed by atoms with E-state index in [0.29, 0.717) is 0 Å². The molecule has 0 saturated carbocycles. The van der Waals surface area contributed by atoms with Gasteiger partial charge in [-0.25, -0.2) is 4.39 Å². The molecule has 0 aliphatic carbocycles. The maximum atomic E-state index is 13.1. The van der Waals surface area contributed by atoms with E-state index in [1.165, 1.54) is 24.3 Å². The van der Waals surface area contributed by atoms with Crippen LogP contribution in [0.5, 0.6) is 0 Å². The van der Waals surface area contributed by atoms with Crippen LogP contribution in [0.2, 0.25) is 5.02 Å². The molecule has 28 heavy (non-hydrogen) atoms. The third-order valence-electron chi connectivity index (χ3n) is 3.26. The van der Waals surface area contributed by atoms with E-state index in [9.17, 15) is 32.4 Å². The zero-order valence-corrected chi connectivity index (χ0v) is 14.5. The number of carbonyl (C=O) groups is 2. The summed E-state index contributed by atoms with van der Waals surface area (Å²) in [7, 11) is 0. The zero-order chi connectivity index (χ0) is 20.9. The van der Waals surface area contributed by atoms with E-state index >= 15 is 0 Å². The minimum atomic E-state index is -5.06. The van der Waals surface area contributed by atoms with Crippen molar-refractivity contribution in [2.45, 2.75) is 6.18 Å². The molecule has 0 heterocycles. The molecule has 2 rings (SSSR count). The summed E-state index contributed by atoms with van der Waals surface area (Å²) < 4.78 is 50.1. The van der Waals surface area contributed by atoms with Gasteiger partial charge in [0.25, 0.3) is 5.91 Å². The molecule has 0 bridgehead atoms. The summed E-state index contributed by atoms with van der Waals surface area (Å²) in [5.74, 6) is -3.68. The molecule has 0 unspecified atom stereocenters. The number of carbonyl (C=O) groups excluding carboxylic acids is 2. The maximum absolute atomic E-state index is 13.1. The molecule has 0 spiro atoms. The number of anilines is 2. The van der Waals surface area contributed by atoms with Crippen LogP contribution in [-0.2, 0) is 9.59 Å². The van der Waals surface area contributed by atoms with E-state index in [2.05, 4.69) is 5.32 Å². The largest absolute Gasteiger partial charge is 0.471 e. The fourth-order valence-corrected chi connectivity index (χ4v) is 2.18. The molecular weight excluding hydrogens is 402 g/mol. The minimum Gasteiger partial charge on any atom is -0.321 e. The molecule has 0 aliphatic rings. The second-order valence-electron chi connectivity index (χ2n) is 5.33. The lowest BCUT2D eigenvalue weighted by Gasteiger charge is -2.08. The molecule has 2 aromatic carbocycles. The molecule has 2 amide bonds. The van der Waals surface area contributed by atoms with E-state index in [4.69, 9.17) is 11.6 Å². The number of nitrogens with one attached hydrogen (secondary N) is 2. The molecular formula is C18H10ClF4N3O2. The van der Waals surface area contributed by atoms with Gasteiger partial charge in [-0.15, -0.1) is 0 Å². The van der Waals surface area contributed by atoms with Gasteiger partial charge in [0.05, 0.1) is 5.02 Å². The molecule has 5 nitrogen and oxygen atoms in total. The summed E-state index contributed by atoms with van der Waals surface area (Å²) in [6.07, 6.45) is -3.94. The van der Waals surface area contributed by atoms with Crippen LogP contribution in [0, 0.1) is 17.1 Å². The molecule has 0 aromatic heterocycles. The van der Waals surface area contributed by atoms with Crippen LogP contribution in [0.15, 0.2) is 48.0 Å². The number of amides is 2. The smallest absolute Gasteiger partial charge is 0.321 e. The van der Waals surface area contributed by atoms with E-state index in [-0.39, 0.29) is 27.5 Å². The van der Waals surface area contributed by atoms with Crippen molar-refractivity contribution < 1.29 is 27.2 Å². The first kappa shape index (κ1) is 20.9. The highest BCUT2D eigenvalue weighted by Gasteiger charge is 2.38. The monoisotopic (exact) mass is 411 g/mol. The topological polar surface area (TPSA) is 82.0 Å². The van der Waals surface area contributed by atoms with E-state index < -0.39 is 23.8 Å². The van der Waals surface area contributed by atoms with Crippen LogP contribution in [0.1, 0.15) is 5.56 Å². The van der Waals surface area contributed by atoms with Crippen LogP contribution in [0.25, 0.3) is 6.08 Å². The first-order chi connectivity index (χ1) is 13.1. The maximum Gasteiger partial charge on any atom is 0.471 e. The van der Waals surface area contributed by atoms with E-state index in [0.717, 1.165) is 24.3 Å². The van der Waals surface area contributed by atoms with Crippen molar-refractivity contribution in [2.24, 2.45) is 0 Å². The number of halogens is 5. The lowest BCUT2D eigenvalue weighted by atomic mass is 10.1. The number of hydrogen-bond donors (Lipinski definition) is 2. The molecule has 0 saturated heterocycles. The lowest BCUT2D eigenvalue weighted by Crippen LogP contribution is -2.29. The van der Waals surface area contributed by atoms with Crippen LogP contribution < -0.4 is 10.6 Å². The fourth-order valence-electron chi connectivity index (χ4n) is 2.00. The second-order valence-corrected chi connectivity index (χ2v) is 5.74. The fraction of sp³-hybridized carbons (Fsp3) is 0.0556. The standard InChI is InChI=1S/C18H10ClF4N3O2/c19-14-8-13(4-5-15(14)20)25-16(27)11(9-24)6-10-2-1-3-12(7-10)26-17(28)18(21,22)23/h1-8H,(H,25,27)(H,26,28)/b11-6+. The number of rotatable bonds is 4. The Morgan fingerprint density at radius 2 is 1.75 bits per heavy atom. The summed E-state index contributed by atoms with van der Waals surface area (Å²) in [5, 5.41) is 13.0. The van der Waals surface area contributed by atoms with Gasteiger partial charge >= 0.3 is 12.1 Å². The Labute approximate surface area is 161 Å². The molecule has 144 valence electrons. The molecule has 0 aliphatic heterocycles. The minimum absolute atomic E-state index is 0.142. The summed E-state index contributed by atoms with van der Waals surface area (Å²) in [6, 6.07) is 10.2. The Kier molecular flexibility index (Phi) is 6.38. The van der Waals surface area contributed by atoms with Crippen molar-refractivity contribution in [3.63, 3.8) is 0 Å². The van der Waals surface area contributed by atoms with Crippen molar-refractivity contribution in [1.29, 1.82) is 5.26 Å². The average Bonchev–Trinajstić information content (AvgIpc) is 2.62. The first-order valence-electron chi connectivity index (χ1n) is 7.46. The number of nitriles is 1. The highest BCUT2D eigenvalue weighted by Crippen LogP contribution is 2.21. The predicted molar refractivity (Wildman–Crippen MR) is 94.8 cm³/mol. The second kappa shape index (κ2) is 8.54. The normalized spacial score (nSPS) is 11.5. The SMILES string of the molecule is N#C/C(=C\c1cccc(NC(=O)C(F)(F)F)c1)C(=O)Nc1ccc(F)c(Cl)c1. The van der Waals surface area contributed by atoms with Gasteiger partial charge in [0, 0.05) is 11.4 Å². The number of benzene rings is 2. The quantitative estimate of drug-likeness (QED) is 0.440. The molecule has 10 heteroatoms. The third kappa shape index (κ3) is 5.56. The van der Waals surface area contributed by atoms with Crippen molar-refractivity contribution in [3.8, 4) is 6.07 Å². The van der Waals surface area contributed by atoms with Crippen molar-refractivity contribution in [2.75, 3.05) is 10.6 Å². The number of hydrogen-bond acceptors (Lipinski definition) is 3. The number of alkyl halides is 3. The van der Waals surface area contributed by atoms with Gasteiger partial charge < -0.3 is 10.6 Å². The van der Waals surface area contributed by atoms with Gasteiger partial charge in [0.2, 0.25) is 0 Å². The lowest BCUT2D eigenvalue weighted by molar-refractivity contribution is -0.167. The molecule has 0 atom stereocenters. The van der Waals surface area contributed by atoms with Gasteiger partial charge in [0.1, 0.15) is 17.5 Å². The average molecular weight is 412 g/mol. The highest BCUT2D eigenvalue weighted by molar-refractivity contribution is 6.31. The Hall–Kier alpha value is -3.38. The van der Waals surface area contributed by atoms with Crippen LogP contribution in [0.3, 0.4) is 0 Å². The van der Waals surface area contributed by atoms with Crippen molar-refractivity contribution in [3.05, 3.63) is 64.4 Å². The van der Waals surface area contributed by atoms with E-state index in [1.54, 1.807) is 11.4 Å². The predicted octanol–water partition coefficient (Wildman–Crippen LogP) is 4.53. The van der Waals surface area contributed by atoms with Crippen molar-refractivity contribution in [1.82, 2.24) is 0 Å². The van der Waals surface area contributed by atoms with Gasteiger partial charge in [-0.05, 0) is 42.0 Å². The summed E-state index contributed by atoms with van der Waals surface area (Å²) in [5.41, 5.74) is -0.202. The molecule has 2 N–H and O–H groups in total. The summed E-state index contributed by atoms with van der Waals surface area (Å²) in [6.45, 7) is 0. The van der Waals surface area contributed by atoms with Gasteiger partial charge in [-0.1, -0.05) is 23.7 Å². The number of nitrogens with zero attached hydrogens (tertiary/aromatic N) is 1. The highest BCUT2D eigenvalue weighted by atomic mass is 35.5. The van der Waals surface area contributed by atoms with Crippen molar-refractivity contribution >= 4 is 40.9 Å². The molecule has 2 aromatic rings. The van der Waals surface area contributed by atoms with Crippen LogP contribution in [-0.4, -0.2) is 18.0 Å². The Bertz CT molecular complexity index is 997.